The van der Waals surface area contributed by atoms with E-state index in [2.05, 4.69) is 10.0 Å². The molecule has 0 saturated carbocycles. The van der Waals surface area contributed by atoms with Crippen molar-refractivity contribution in [3.8, 4) is 0 Å². The predicted molar refractivity (Wildman–Crippen MR) is 122 cm³/mol. The van der Waals surface area contributed by atoms with E-state index in [4.69, 9.17) is 23.2 Å². The molecular formula is C22H21Cl2N3O3. The van der Waals surface area contributed by atoms with E-state index in [1.54, 1.807) is 25.1 Å². The number of carbonyl (C=O) groups is 2. The number of aromatic carboxylic acids is 1. The van der Waals surface area contributed by atoms with Gasteiger partial charge in [0.15, 0.2) is 0 Å². The fraction of sp³-hybridized carbons (Fsp3) is 0.227. The Balaban J connectivity index is 1.83. The Morgan fingerprint density at radius 1 is 1.13 bits per heavy atom. The second kappa shape index (κ2) is 9.78. The highest BCUT2D eigenvalue weighted by atomic mass is 35.5. The lowest BCUT2D eigenvalue weighted by Gasteiger charge is -2.22. The van der Waals surface area contributed by atoms with Crippen molar-refractivity contribution >= 4 is 58.2 Å². The van der Waals surface area contributed by atoms with Crippen LogP contribution in [0.15, 0.2) is 59.2 Å². The Morgan fingerprint density at radius 3 is 2.40 bits per heavy atom. The van der Waals surface area contributed by atoms with Gasteiger partial charge in [0, 0.05) is 30.5 Å². The summed E-state index contributed by atoms with van der Waals surface area (Å²) in [6, 6.07) is 13.9. The van der Waals surface area contributed by atoms with E-state index in [0.29, 0.717) is 41.8 Å². The number of halogens is 2. The molecule has 30 heavy (non-hydrogen) atoms. The second-order valence-corrected chi connectivity index (χ2v) is 7.43. The molecule has 3 rings (SSSR count). The molecular weight excluding hydrogens is 425 g/mol. The first-order valence-corrected chi connectivity index (χ1v) is 10.4. The monoisotopic (exact) mass is 445 g/mol. The Bertz CT molecular complexity index is 997. The largest absolute Gasteiger partial charge is 0.478 e. The molecule has 0 unspecified atom stereocenters. The van der Waals surface area contributed by atoms with Crippen LogP contribution in [0, 0.1) is 0 Å². The third-order valence-electron chi connectivity index (χ3n) is 4.68. The summed E-state index contributed by atoms with van der Waals surface area (Å²) in [5.74, 6) is -0.347. The molecule has 1 aliphatic rings. The van der Waals surface area contributed by atoms with Gasteiger partial charge in [-0.3, -0.25) is 4.79 Å². The SMILES string of the molecule is CC1=NN(c2cccc(C(=O)O)c2)C(=O)/C1=C\c1ccc(N(CCCl)CCCl)cc1. The van der Waals surface area contributed by atoms with E-state index in [1.165, 1.54) is 17.1 Å². The average molecular weight is 446 g/mol. The van der Waals surface area contributed by atoms with Crippen molar-refractivity contribution in [2.75, 3.05) is 34.8 Å². The van der Waals surface area contributed by atoms with Gasteiger partial charge in [-0.2, -0.15) is 10.1 Å². The minimum absolute atomic E-state index is 0.0969. The van der Waals surface area contributed by atoms with E-state index in [-0.39, 0.29) is 11.5 Å². The van der Waals surface area contributed by atoms with Crippen molar-refractivity contribution in [3.63, 3.8) is 0 Å². The molecule has 2 aromatic carbocycles. The number of hydrogen-bond donors (Lipinski definition) is 1. The highest BCUT2D eigenvalue weighted by Gasteiger charge is 2.29. The highest BCUT2D eigenvalue weighted by molar-refractivity contribution is 6.32. The molecule has 1 heterocycles. The van der Waals surface area contributed by atoms with Crippen molar-refractivity contribution in [1.82, 2.24) is 0 Å². The van der Waals surface area contributed by atoms with Crippen LogP contribution in [0.5, 0.6) is 0 Å². The van der Waals surface area contributed by atoms with Crippen molar-refractivity contribution in [3.05, 3.63) is 65.2 Å². The molecule has 6 nitrogen and oxygen atoms in total. The number of benzene rings is 2. The number of alkyl halides is 2. The van der Waals surface area contributed by atoms with E-state index in [9.17, 15) is 14.7 Å². The molecule has 0 bridgehead atoms. The molecule has 1 aliphatic heterocycles. The van der Waals surface area contributed by atoms with Crippen LogP contribution in [0.3, 0.4) is 0 Å². The molecule has 0 saturated heterocycles. The number of carboxylic acids is 1. The van der Waals surface area contributed by atoms with Crippen LogP contribution in [0.4, 0.5) is 11.4 Å². The second-order valence-electron chi connectivity index (χ2n) is 6.67. The average Bonchev–Trinajstić information content (AvgIpc) is 3.02. The van der Waals surface area contributed by atoms with Gasteiger partial charge in [-0.1, -0.05) is 18.2 Å². The molecule has 0 aromatic heterocycles. The zero-order valence-corrected chi connectivity index (χ0v) is 17.9. The summed E-state index contributed by atoms with van der Waals surface area (Å²) >= 11 is 11.7. The summed E-state index contributed by atoms with van der Waals surface area (Å²) in [6.45, 7) is 3.15. The fourth-order valence-electron chi connectivity index (χ4n) is 3.15. The Morgan fingerprint density at radius 2 is 1.80 bits per heavy atom. The fourth-order valence-corrected chi connectivity index (χ4v) is 3.56. The van der Waals surface area contributed by atoms with Crippen LogP contribution in [0.1, 0.15) is 22.8 Å². The zero-order chi connectivity index (χ0) is 21.7. The molecule has 1 N–H and O–H groups in total. The number of rotatable bonds is 8. The molecule has 0 atom stereocenters. The molecule has 1 amide bonds. The highest BCUT2D eigenvalue weighted by Crippen LogP contribution is 2.26. The van der Waals surface area contributed by atoms with Crippen molar-refractivity contribution in [1.29, 1.82) is 0 Å². The van der Waals surface area contributed by atoms with E-state index < -0.39 is 5.97 Å². The van der Waals surface area contributed by atoms with Gasteiger partial charge in [0.1, 0.15) is 0 Å². The van der Waals surface area contributed by atoms with Crippen LogP contribution < -0.4 is 9.91 Å². The number of hydrazone groups is 1. The lowest BCUT2D eigenvalue weighted by atomic mass is 10.1. The Kier molecular flexibility index (Phi) is 7.13. The van der Waals surface area contributed by atoms with Crippen LogP contribution in [0.25, 0.3) is 6.08 Å². The van der Waals surface area contributed by atoms with E-state index in [0.717, 1.165) is 11.3 Å². The molecule has 8 heteroatoms. The van der Waals surface area contributed by atoms with Crippen LogP contribution in [0.2, 0.25) is 0 Å². The maximum Gasteiger partial charge on any atom is 0.335 e. The number of nitrogens with zero attached hydrogens (tertiary/aromatic N) is 3. The number of anilines is 2. The standard InChI is InChI=1S/C22H21Cl2N3O3/c1-15-20(13-16-5-7-18(8-6-16)26(11-9-23)12-10-24)21(28)27(25-15)19-4-2-3-17(14-19)22(29)30/h2-8,13-14H,9-12H2,1H3,(H,29,30)/b20-13-. The Hall–Kier alpha value is -2.83. The topological polar surface area (TPSA) is 73.2 Å². The Labute approximate surface area is 185 Å². The lowest BCUT2D eigenvalue weighted by Crippen LogP contribution is -2.27. The molecule has 0 fully saturated rings. The van der Waals surface area contributed by atoms with Crippen LogP contribution in [-0.4, -0.2) is 47.5 Å². The number of hydrogen-bond acceptors (Lipinski definition) is 4. The molecule has 0 spiro atoms. The quantitative estimate of drug-likeness (QED) is 0.480. The maximum absolute atomic E-state index is 12.9. The van der Waals surface area contributed by atoms with Crippen molar-refractivity contribution < 1.29 is 14.7 Å². The number of carboxylic acid groups (broad SMARTS) is 1. The summed E-state index contributed by atoms with van der Waals surface area (Å²) in [7, 11) is 0. The first-order valence-electron chi connectivity index (χ1n) is 9.36. The minimum Gasteiger partial charge on any atom is -0.478 e. The number of carbonyl (C=O) groups excluding carboxylic acids is 1. The third-order valence-corrected chi connectivity index (χ3v) is 5.02. The summed E-state index contributed by atoms with van der Waals surface area (Å²) in [5, 5.41) is 14.7. The van der Waals surface area contributed by atoms with Gasteiger partial charge in [0.05, 0.1) is 22.5 Å². The van der Waals surface area contributed by atoms with Crippen molar-refractivity contribution in [2.45, 2.75) is 6.92 Å². The normalized spacial score (nSPS) is 14.9. The van der Waals surface area contributed by atoms with Gasteiger partial charge in [-0.25, -0.2) is 4.79 Å². The van der Waals surface area contributed by atoms with E-state index in [1.807, 2.05) is 24.3 Å². The maximum atomic E-state index is 12.9. The lowest BCUT2D eigenvalue weighted by molar-refractivity contribution is -0.114. The summed E-state index contributed by atoms with van der Waals surface area (Å²) in [4.78, 5) is 26.2. The van der Waals surface area contributed by atoms with Gasteiger partial charge in [0.25, 0.3) is 5.91 Å². The zero-order valence-electron chi connectivity index (χ0n) is 16.4. The third kappa shape index (κ3) is 4.83. The van der Waals surface area contributed by atoms with E-state index >= 15 is 0 Å². The molecule has 2 aromatic rings. The van der Waals surface area contributed by atoms with Crippen LogP contribution >= 0.6 is 23.2 Å². The summed E-state index contributed by atoms with van der Waals surface area (Å²) in [6.07, 6.45) is 1.78. The number of amides is 1. The van der Waals surface area contributed by atoms with Crippen LogP contribution in [-0.2, 0) is 4.79 Å². The first-order chi connectivity index (χ1) is 14.4. The molecule has 156 valence electrons. The van der Waals surface area contributed by atoms with Gasteiger partial charge < -0.3 is 10.0 Å². The molecule has 0 aliphatic carbocycles. The molecule has 0 radical (unpaired) electrons. The van der Waals surface area contributed by atoms with Gasteiger partial charge in [-0.15, -0.1) is 23.2 Å². The summed E-state index contributed by atoms with van der Waals surface area (Å²) < 4.78 is 0. The predicted octanol–water partition coefficient (Wildman–Crippen LogP) is 4.47. The summed E-state index contributed by atoms with van der Waals surface area (Å²) in [5.41, 5.74) is 3.40. The van der Waals surface area contributed by atoms with Gasteiger partial charge in [-0.05, 0) is 48.9 Å². The van der Waals surface area contributed by atoms with Gasteiger partial charge >= 0.3 is 5.97 Å². The minimum atomic E-state index is -1.06. The first kappa shape index (κ1) is 21.9. The van der Waals surface area contributed by atoms with Gasteiger partial charge in [0.2, 0.25) is 0 Å². The smallest absolute Gasteiger partial charge is 0.335 e. The van der Waals surface area contributed by atoms with Crippen molar-refractivity contribution in [2.24, 2.45) is 5.10 Å².